The zero-order valence-electron chi connectivity index (χ0n) is 9.07. The summed E-state index contributed by atoms with van der Waals surface area (Å²) in [7, 11) is 0. The van der Waals surface area contributed by atoms with E-state index in [1.807, 2.05) is 17.7 Å². The van der Waals surface area contributed by atoms with E-state index in [1.165, 1.54) is 0 Å². The minimum atomic E-state index is 0.104. The average Bonchev–Trinajstić information content (AvgIpc) is 2.70. The fraction of sp³-hybridized carbons (Fsp3) is 0.600. The second-order valence-corrected chi connectivity index (χ2v) is 3.25. The highest BCUT2D eigenvalue weighted by Crippen LogP contribution is 1.84. The van der Waals surface area contributed by atoms with Crippen LogP contribution in [0.1, 0.15) is 13.3 Å². The van der Waals surface area contributed by atoms with Crippen LogP contribution in [0.15, 0.2) is 18.7 Å². The molecule has 5 nitrogen and oxygen atoms in total. The van der Waals surface area contributed by atoms with Gasteiger partial charge in [-0.2, -0.15) is 0 Å². The third kappa shape index (κ3) is 5.17. The molecule has 0 spiro atoms. The molecule has 0 bridgehead atoms. The first-order valence-corrected chi connectivity index (χ1v) is 5.26. The summed E-state index contributed by atoms with van der Waals surface area (Å²) in [5.74, 6) is 0.104. The number of amides is 1. The van der Waals surface area contributed by atoms with Gasteiger partial charge >= 0.3 is 0 Å². The van der Waals surface area contributed by atoms with Gasteiger partial charge in [-0.05, 0) is 6.92 Å². The number of rotatable bonds is 7. The number of aromatic nitrogens is 2. The van der Waals surface area contributed by atoms with Gasteiger partial charge in [-0.3, -0.25) is 4.79 Å². The van der Waals surface area contributed by atoms with Crippen molar-refractivity contribution in [1.29, 1.82) is 0 Å². The Labute approximate surface area is 89.9 Å². The normalized spacial score (nSPS) is 10.2. The summed E-state index contributed by atoms with van der Waals surface area (Å²) in [6, 6.07) is 0. The van der Waals surface area contributed by atoms with Gasteiger partial charge in [0.05, 0.1) is 6.33 Å². The monoisotopic (exact) mass is 210 g/mol. The Morgan fingerprint density at radius 3 is 3.00 bits per heavy atom. The fourth-order valence-corrected chi connectivity index (χ4v) is 1.24. The molecule has 5 heteroatoms. The lowest BCUT2D eigenvalue weighted by Crippen LogP contribution is -2.28. The van der Waals surface area contributed by atoms with Crippen LogP contribution in [0.3, 0.4) is 0 Å². The van der Waals surface area contributed by atoms with Crippen LogP contribution in [0.2, 0.25) is 0 Å². The van der Waals surface area contributed by atoms with E-state index in [-0.39, 0.29) is 5.91 Å². The molecule has 1 aromatic rings. The molecule has 1 aromatic heterocycles. The predicted octanol–water partition coefficient (Wildman–Crippen LogP) is -0.00110. The maximum absolute atomic E-state index is 11.1. The number of nitrogens with one attached hydrogen (secondary N) is 2. The van der Waals surface area contributed by atoms with E-state index in [4.69, 9.17) is 0 Å². The molecule has 0 unspecified atom stereocenters. The van der Waals surface area contributed by atoms with Crippen molar-refractivity contribution >= 4 is 5.91 Å². The summed E-state index contributed by atoms with van der Waals surface area (Å²) in [6.45, 7) is 5.09. The Bertz CT molecular complexity index is 271. The predicted molar refractivity (Wildman–Crippen MR) is 58.4 cm³/mol. The highest BCUT2D eigenvalue weighted by molar-refractivity contribution is 5.75. The van der Waals surface area contributed by atoms with E-state index in [1.54, 1.807) is 12.5 Å². The van der Waals surface area contributed by atoms with Crippen molar-refractivity contribution in [2.45, 2.75) is 19.9 Å². The second kappa shape index (κ2) is 7.00. The SMILES string of the molecule is CCNC(=O)CCNCCn1ccnc1. The Morgan fingerprint density at radius 2 is 2.33 bits per heavy atom. The number of carbonyl (C=O) groups excluding carboxylic acids is 1. The van der Waals surface area contributed by atoms with Crippen molar-refractivity contribution < 1.29 is 4.79 Å². The maximum atomic E-state index is 11.1. The molecule has 0 aliphatic heterocycles. The van der Waals surface area contributed by atoms with Crippen molar-refractivity contribution in [2.75, 3.05) is 19.6 Å². The topological polar surface area (TPSA) is 59.0 Å². The highest BCUT2D eigenvalue weighted by Gasteiger charge is 1.97. The van der Waals surface area contributed by atoms with E-state index in [0.717, 1.165) is 19.6 Å². The van der Waals surface area contributed by atoms with Crippen LogP contribution in [-0.4, -0.2) is 35.1 Å². The van der Waals surface area contributed by atoms with E-state index >= 15 is 0 Å². The van der Waals surface area contributed by atoms with Crippen LogP contribution in [-0.2, 0) is 11.3 Å². The third-order valence-corrected chi connectivity index (χ3v) is 2.01. The first-order chi connectivity index (χ1) is 7.33. The van der Waals surface area contributed by atoms with E-state index < -0.39 is 0 Å². The minimum absolute atomic E-state index is 0.104. The molecule has 0 saturated heterocycles. The molecule has 0 aromatic carbocycles. The molecule has 0 radical (unpaired) electrons. The maximum Gasteiger partial charge on any atom is 0.221 e. The number of imidazole rings is 1. The molecule has 1 amide bonds. The standard InChI is InChI=1S/C10H18N4O/c1-2-13-10(15)3-4-11-5-7-14-8-6-12-9-14/h6,8-9,11H,2-5,7H2,1H3,(H,13,15). The largest absolute Gasteiger partial charge is 0.356 e. The Hall–Kier alpha value is -1.36. The Morgan fingerprint density at radius 1 is 1.47 bits per heavy atom. The van der Waals surface area contributed by atoms with Crippen molar-refractivity contribution in [3.8, 4) is 0 Å². The lowest BCUT2D eigenvalue weighted by Gasteiger charge is -2.05. The summed E-state index contributed by atoms with van der Waals surface area (Å²) >= 11 is 0. The van der Waals surface area contributed by atoms with Gasteiger partial charge in [0.1, 0.15) is 0 Å². The lowest BCUT2D eigenvalue weighted by atomic mass is 10.4. The van der Waals surface area contributed by atoms with Gasteiger partial charge in [-0.25, -0.2) is 4.98 Å². The number of hydrogen-bond acceptors (Lipinski definition) is 3. The van der Waals surface area contributed by atoms with Gasteiger partial charge in [-0.1, -0.05) is 0 Å². The molecule has 0 atom stereocenters. The molecule has 0 fully saturated rings. The third-order valence-electron chi connectivity index (χ3n) is 2.01. The van der Waals surface area contributed by atoms with Crippen LogP contribution in [0.25, 0.3) is 0 Å². The average molecular weight is 210 g/mol. The molecular weight excluding hydrogens is 192 g/mol. The fourth-order valence-electron chi connectivity index (χ4n) is 1.24. The molecule has 0 aliphatic rings. The summed E-state index contributed by atoms with van der Waals surface area (Å²) in [4.78, 5) is 15.0. The summed E-state index contributed by atoms with van der Waals surface area (Å²) in [5.41, 5.74) is 0. The summed E-state index contributed by atoms with van der Waals surface area (Å²) in [6.07, 6.45) is 6.00. The van der Waals surface area contributed by atoms with Crippen molar-refractivity contribution in [2.24, 2.45) is 0 Å². The van der Waals surface area contributed by atoms with Crippen LogP contribution in [0.5, 0.6) is 0 Å². The van der Waals surface area contributed by atoms with Crippen molar-refractivity contribution in [1.82, 2.24) is 20.2 Å². The van der Waals surface area contributed by atoms with Gasteiger partial charge in [0.15, 0.2) is 0 Å². The molecule has 1 heterocycles. The number of hydrogen-bond donors (Lipinski definition) is 2. The lowest BCUT2D eigenvalue weighted by molar-refractivity contribution is -0.120. The smallest absolute Gasteiger partial charge is 0.221 e. The van der Waals surface area contributed by atoms with Crippen molar-refractivity contribution in [3.63, 3.8) is 0 Å². The summed E-state index contributed by atoms with van der Waals surface area (Å²) in [5, 5.41) is 5.96. The molecule has 1 rings (SSSR count). The van der Waals surface area contributed by atoms with Crippen LogP contribution in [0.4, 0.5) is 0 Å². The number of carbonyl (C=O) groups is 1. The molecule has 15 heavy (non-hydrogen) atoms. The zero-order chi connectivity index (χ0) is 10.9. The van der Waals surface area contributed by atoms with Crippen molar-refractivity contribution in [3.05, 3.63) is 18.7 Å². The second-order valence-electron chi connectivity index (χ2n) is 3.25. The van der Waals surface area contributed by atoms with Gasteiger partial charge in [-0.15, -0.1) is 0 Å². The molecular formula is C10H18N4O. The van der Waals surface area contributed by atoms with Crippen LogP contribution < -0.4 is 10.6 Å². The summed E-state index contributed by atoms with van der Waals surface area (Å²) < 4.78 is 2.00. The van der Waals surface area contributed by atoms with Crippen LogP contribution >= 0.6 is 0 Å². The van der Waals surface area contributed by atoms with Gasteiger partial charge in [0.25, 0.3) is 0 Å². The molecule has 0 saturated carbocycles. The first kappa shape index (κ1) is 11.7. The van der Waals surface area contributed by atoms with E-state index in [2.05, 4.69) is 15.6 Å². The van der Waals surface area contributed by atoms with E-state index in [0.29, 0.717) is 13.0 Å². The quantitative estimate of drug-likeness (QED) is 0.623. The van der Waals surface area contributed by atoms with Gasteiger partial charge in [0.2, 0.25) is 5.91 Å². The minimum Gasteiger partial charge on any atom is -0.356 e. The highest BCUT2D eigenvalue weighted by atomic mass is 16.1. The molecule has 2 N–H and O–H groups in total. The Balaban J connectivity index is 1.95. The first-order valence-electron chi connectivity index (χ1n) is 5.26. The van der Waals surface area contributed by atoms with Gasteiger partial charge < -0.3 is 15.2 Å². The molecule has 84 valence electrons. The van der Waals surface area contributed by atoms with Gasteiger partial charge in [0, 0.05) is 45.0 Å². The Kier molecular flexibility index (Phi) is 5.47. The number of nitrogens with zero attached hydrogens (tertiary/aromatic N) is 2. The zero-order valence-corrected chi connectivity index (χ0v) is 9.07. The van der Waals surface area contributed by atoms with Crippen LogP contribution in [0, 0.1) is 0 Å². The van der Waals surface area contributed by atoms with E-state index in [9.17, 15) is 4.79 Å². The molecule has 0 aliphatic carbocycles.